The summed E-state index contributed by atoms with van der Waals surface area (Å²) < 4.78 is 6.29. The summed E-state index contributed by atoms with van der Waals surface area (Å²) in [7, 11) is 1.45. The van der Waals surface area contributed by atoms with Crippen LogP contribution >= 0.6 is 0 Å². The van der Waals surface area contributed by atoms with Gasteiger partial charge in [-0.2, -0.15) is 0 Å². The van der Waals surface area contributed by atoms with E-state index in [1.54, 1.807) is 12.1 Å². The molecule has 0 bridgehead atoms. The van der Waals surface area contributed by atoms with Crippen LogP contribution in [0.2, 0.25) is 0 Å². The van der Waals surface area contributed by atoms with Crippen molar-refractivity contribution in [3.05, 3.63) is 55.2 Å². The van der Waals surface area contributed by atoms with Crippen LogP contribution in [0.3, 0.4) is 0 Å². The fourth-order valence-corrected chi connectivity index (χ4v) is 3.14. The molecule has 4 N–H and O–H groups in total. The number of nitro benzene ring substituents is 1. The van der Waals surface area contributed by atoms with Gasteiger partial charge in [0, 0.05) is 39.2 Å². The molecule has 1 aromatic carbocycles. The molecule has 0 atom stereocenters. The zero-order valence-electron chi connectivity index (χ0n) is 18.1. The average molecular weight is 448 g/mol. The van der Waals surface area contributed by atoms with Crippen LogP contribution in [0.25, 0.3) is 0 Å². The second-order valence-electron chi connectivity index (χ2n) is 6.99. The lowest BCUT2D eigenvalue weighted by molar-refractivity contribution is -0.384. The molecule has 0 unspecified atom stereocenters. The number of nitrogens with two attached hydrogens (primary N) is 1. The molecule has 0 radical (unpaired) electrons. The Morgan fingerprint density at radius 1 is 1.34 bits per heavy atom. The average Bonchev–Trinajstić information content (AvgIpc) is 2.75. The summed E-state index contributed by atoms with van der Waals surface area (Å²) in [4.78, 5) is 51.7. The minimum absolute atomic E-state index is 0.0417. The monoisotopic (exact) mass is 448 g/mol. The molecule has 0 spiro atoms. The van der Waals surface area contributed by atoms with Crippen molar-refractivity contribution in [2.45, 2.75) is 32.7 Å². The Balaban J connectivity index is 2.27. The van der Waals surface area contributed by atoms with Crippen molar-refractivity contribution in [3.8, 4) is 0 Å². The van der Waals surface area contributed by atoms with Crippen LogP contribution in [0.15, 0.2) is 33.9 Å². The van der Waals surface area contributed by atoms with Gasteiger partial charge in [-0.05, 0) is 12.5 Å². The van der Waals surface area contributed by atoms with Gasteiger partial charge in [-0.25, -0.2) is 4.79 Å². The SMILES string of the molecule is CCCCn1c(N)c(N(CCOC)C(=O)CCNc2ccccc2[N+](=O)[O-])c(=O)[nH]c1=O. The Kier molecular flexibility index (Phi) is 8.95. The number of unbranched alkanes of at least 4 members (excludes halogenated alkanes) is 1. The van der Waals surface area contributed by atoms with Crippen LogP contribution in [0.1, 0.15) is 26.2 Å². The highest BCUT2D eigenvalue weighted by atomic mass is 16.6. The van der Waals surface area contributed by atoms with E-state index < -0.39 is 22.1 Å². The van der Waals surface area contributed by atoms with Crippen molar-refractivity contribution < 1.29 is 14.5 Å². The van der Waals surface area contributed by atoms with Crippen LogP contribution in [0, 0.1) is 10.1 Å². The van der Waals surface area contributed by atoms with Gasteiger partial charge in [0.1, 0.15) is 11.5 Å². The molecule has 0 saturated heterocycles. The number of anilines is 3. The molecule has 0 aliphatic carbocycles. The fraction of sp³-hybridized carbons (Fsp3) is 0.450. The van der Waals surface area contributed by atoms with Crippen LogP contribution in [-0.4, -0.2) is 47.2 Å². The minimum atomic E-state index is -0.767. The predicted octanol–water partition coefficient (Wildman–Crippen LogP) is 1.31. The summed E-state index contributed by atoms with van der Waals surface area (Å²) in [5, 5.41) is 14.0. The number of ether oxygens (including phenoxy) is 1. The summed E-state index contributed by atoms with van der Waals surface area (Å²) >= 11 is 0. The molecule has 0 aliphatic heterocycles. The third-order valence-corrected chi connectivity index (χ3v) is 4.79. The maximum Gasteiger partial charge on any atom is 0.330 e. The molecule has 1 amide bonds. The maximum absolute atomic E-state index is 13.0. The maximum atomic E-state index is 13.0. The lowest BCUT2D eigenvalue weighted by Gasteiger charge is -2.24. The molecule has 2 rings (SSSR count). The van der Waals surface area contributed by atoms with E-state index in [0.29, 0.717) is 13.0 Å². The van der Waals surface area contributed by atoms with E-state index in [0.717, 1.165) is 6.42 Å². The number of methoxy groups -OCH3 is 1. The molecule has 174 valence electrons. The van der Waals surface area contributed by atoms with E-state index >= 15 is 0 Å². The molecular formula is C20H28N6O6. The number of H-pyrrole nitrogens is 1. The number of nitrogens with zero attached hydrogens (tertiary/aromatic N) is 3. The molecule has 2 aromatic rings. The van der Waals surface area contributed by atoms with Crippen LogP contribution in [0.4, 0.5) is 22.9 Å². The number of hydrogen-bond acceptors (Lipinski definition) is 8. The Labute approximate surface area is 184 Å². The molecule has 0 aliphatic rings. The Bertz CT molecular complexity index is 1060. The van der Waals surface area contributed by atoms with E-state index in [1.165, 1.54) is 28.7 Å². The van der Waals surface area contributed by atoms with Gasteiger partial charge in [0.25, 0.3) is 11.2 Å². The third-order valence-electron chi connectivity index (χ3n) is 4.79. The number of hydrogen-bond donors (Lipinski definition) is 3. The number of benzene rings is 1. The molecule has 32 heavy (non-hydrogen) atoms. The zero-order chi connectivity index (χ0) is 23.7. The van der Waals surface area contributed by atoms with E-state index in [4.69, 9.17) is 10.5 Å². The van der Waals surface area contributed by atoms with Gasteiger partial charge in [-0.3, -0.25) is 29.3 Å². The second-order valence-corrected chi connectivity index (χ2v) is 6.99. The number of carbonyl (C=O) groups is 1. The van der Waals surface area contributed by atoms with Gasteiger partial charge in [-0.15, -0.1) is 0 Å². The molecule has 1 heterocycles. The highest BCUT2D eigenvalue weighted by Gasteiger charge is 2.24. The number of nitrogen functional groups attached to an aromatic ring is 1. The number of aromatic nitrogens is 2. The molecule has 0 saturated carbocycles. The van der Waals surface area contributed by atoms with Crippen LogP contribution in [0.5, 0.6) is 0 Å². The van der Waals surface area contributed by atoms with Crippen molar-refractivity contribution in [1.29, 1.82) is 0 Å². The predicted molar refractivity (Wildman–Crippen MR) is 121 cm³/mol. The van der Waals surface area contributed by atoms with Gasteiger partial charge in [0.05, 0.1) is 11.5 Å². The number of amides is 1. The Hall–Kier alpha value is -3.67. The second kappa shape index (κ2) is 11.6. The van der Waals surface area contributed by atoms with Gasteiger partial charge in [0.2, 0.25) is 5.91 Å². The zero-order valence-corrected chi connectivity index (χ0v) is 18.1. The van der Waals surface area contributed by atoms with Crippen molar-refractivity contribution in [3.63, 3.8) is 0 Å². The summed E-state index contributed by atoms with van der Waals surface area (Å²) in [5.74, 6) is -0.547. The quantitative estimate of drug-likeness (QED) is 0.323. The normalized spacial score (nSPS) is 10.7. The standard InChI is InChI=1S/C20H28N6O6/c1-3-4-11-25-18(21)17(19(28)23-20(25)29)24(12-13-32-2)16(27)9-10-22-14-7-5-6-8-15(14)26(30)31/h5-8,22H,3-4,9-13,21H2,1-2H3,(H,23,28,29). The van der Waals surface area contributed by atoms with Crippen molar-refractivity contribution >= 4 is 28.8 Å². The molecular weight excluding hydrogens is 420 g/mol. The third kappa shape index (κ3) is 5.94. The first kappa shape index (κ1) is 24.6. The Morgan fingerprint density at radius 3 is 2.72 bits per heavy atom. The lowest BCUT2D eigenvalue weighted by Crippen LogP contribution is -2.43. The van der Waals surface area contributed by atoms with E-state index in [2.05, 4.69) is 10.3 Å². The van der Waals surface area contributed by atoms with Crippen molar-refractivity contribution in [2.24, 2.45) is 0 Å². The van der Waals surface area contributed by atoms with E-state index in [9.17, 15) is 24.5 Å². The number of nitrogens with one attached hydrogen (secondary N) is 2. The Morgan fingerprint density at radius 2 is 2.06 bits per heavy atom. The number of carbonyl (C=O) groups excluding carboxylic acids is 1. The lowest BCUT2D eigenvalue weighted by atomic mass is 10.2. The molecule has 0 fully saturated rings. The van der Waals surface area contributed by atoms with Crippen LogP contribution in [-0.2, 0) is 16.1 Å². The van der Waals surface area contributed by atoms with E-state index in [1.807, 2.05) is 6.92 Å². The number of para-hydroxylation sites is 2. The van der Waals surface area contributed by atoms with Gasteiger partial charge in [0.15, 0.2) is 5.69 Å². The summed E-state index contributed by atoms with van der Waals surface area (Å²) in [5.41, 5.74) is 4.77. The molecule has 12 heteroatoms. The first-order chi connectivity index (χ1) is 15.3. The molecule has 12 nitrogen and oxygen atoms in total. The number of rotatable bonds is 12. The van der Waals surface area contributed by atoms with Crippen molar-refractivity contribution in [1.82, 2.24) is 9.55 Å². The summed E-state index contributed by atoms with van der Waals surface area (Å²) in [6.45, 7) is 2.51. The van der Waals surface area contributed by atoms with Crippen molar-refractivity contribution in [2.75, 3.05) is 42.8 Å². The first-order valence-electron chi connectivity index (χ1n) is 10.2. The largest absolute Gasteiger partial charge is 0.383 e. The number of aromatic amines is 1. The minimum Gasteiger partial charge on any atom is -0.383 e. The first-order valence-corrected chi connectivity index (χ1v) is 10.2. The topological polar surface area (TPSA) is 166 Å². The molecule has 1 aromatic heterocycles. The van der Waals surface area contributed by atoms with Gasteiger partial charge >= 0.3 is 5.69 Å². The van der Waals surface area contributed by atoms with E-state index in [-0.39, 0.29) is 49.0 Å². The summed E-state index contributed by atoms with van der Waals surface area (Å²) in [6, 6.07) is 6.08. The highest BCUT2D eigenvalue weighted by molar-refractivity contribution is 5.95. The fourth-order valence-electron chi connectivity index (χ4n) is 3.14. The smallest absolute Gasteiger partial charge is 0.330 e. The number of nitro groups is 1. The van der Waals surface area contributed by atoms with Gasteiger partial charge in [-0.1, -0.05) is 25.5 Å². The van der Waals surface area contributed by atoms with Crippen LogP contribution < -0.4 is 27.2 Å². The highest BCUT2D eigenvalue weighted by Crippen LogP contribution is 2.23. The van der Waals surface area contributed by atoms with Gasteiger partial charge < -0.3 is 20.7 Å². The summed E-state index contributed by atoms with van der Waals surface area (Å²) in [6.07, 6.45) is 1.40.